The van der Waals surface area contributed by atoms with E-state index in [1.54, 1.807) is 18.9 Å². The molecule has 2 heterocycles. The molecule has 0 bridgehead atoms. The second-order valence-corrected chi connectivity index (χ2v) is 7.33. The van der Waals surface area contributed by atoms with E-state index < -0.39 is 6.10 Å². The number of hydrogen-bond acceptors (Lipinski definition) is 6. The lowest BCUT2D eigenvalue weighted by atomic mass is 9.84. The Balaban J connectivity index is 1.97. The number of thioether (sulfide) groups is 2. The first-order valence-electron chi connectivity index (χ1n) is 6.71. The summed E-state index contributed by atoms with van der Waals surface area (Å²) in [4.78, 5) is 12.0. The van der Waals surface area contributed by atoms with Crippen LogP contribution < -0.4 is 0 Å². The molecule has 2 aliphatic rings. The van der Waals surface area contributed by atoms with E-state index in [4.69, 9.17) is 9.47 Å². The standard InChI is InChI=1S/C13H22O4S2/c1-16-8-17-12-3-5-19-7-10(12)13(15)9-6-18-4-2-11(9)14/h9-10,12-13,15H,2-8H2,1H3/t9-,10+,12-,13-/m1/s1. The normalized spacial score (nSPS) is 34.2. The van der Waals surface area contributed by atoms with Gasteiger partial charge in [-0.25, -0.2) is 0 Å². The third-order valence-corrected chi connectivity index (χ3v) is 6.02. The molecule has 1 N–H and O–H groups in total. The van der Waals surface area contributed by atoms with E-state index in [1.807, 2.05) is 11.8 Å². The summed E-state index contributed by atoms with van der Waals surface area (Å²) in [5.41, 5.74) is 0. The molecule has 0 spiro atoms. The van der Waals surface area contributed by atoms with Crippen LogP contribution in [0.15, 0.2) is 0 Å². The molecule has 0 amide bonds. The summed E-state index contributed by atoms with van der Waals surface area (Å²) in [5, 5.41) is 10.6. The highest BCUT2D eigenvalue weighted by molar-refractivity contribution is 7.99. The highest BCUT2D eigenvalue weighted by Crippen LogP contribution is 2.34. The van der Waals surface area contributed by atoms with E-state index in [9.17, 15) is 9.90 Å². The Morgan fingerprint density at radius 1 is 1.37 bits per heavy atom. The van der Waals surface area contributed by atoms with E-state index in [0.717, 1.165) is 29.4 Å². The van der Waals surface area contributed by atoms with E-state index >= 15 is 0 Å². The second kappa shape index (κ2) is 7.88. The number of carbonyl (C=O) groups is 1. The number of methoxy groups -OCH3 is 1. The molecule has 0 saturated carbocycles. The van der Waals surface area contributed by atoms with Crippen molar-refractivity contribution in [3.63, 3.8) is 0 Å². The quantitative estimate of drug-likeness (QED) is 0.775. The fourth-order valence-electron chi connectivity index (χ4n) is 2.67. The second-order valence-electron chi connectivity index (χ2n) is 5.03. The fraction of sp³-hybridized carbons (Fsp3) is 0.923. The molecule has 0 aromatic heterocycles. The van der Waals surface area contributed by atoms with Gasteiger partial charge in [0.2, 0.25) is 0 Å². The highest BCUT2D eigenvalue weighted by Gasteiger charge is 2.39. The van der Waals surface area contributed by atoms with Crippen molar-refractivity contribution < 1.29 is 19.4 Å². The largest absolute Gasteiger partial charge is 0.392 e. The monoisotopic (exact) mass is 306 g/mol. The molecule has 19 heavy (non-hydrogen) atoms. The fourth-order valence-corrected chi connectivity index (χ4v) is 5.07. The molecule has 2 saturated heterocycles. The van der Waals surface area contributed by atoms with Crippen molar-refractivity contribution in [2.24, 2.45) is 11.8 Å². The van der Waals surface area contributed by atoms with E-state index in [0.29, 0.717) is 6.42 Å². The molecule has 0 aliphatic carbocycles. The Kier molecular flexibility index (Phi) is 6.49. The van der Waals surface area contributed by atoms with Gasteiger partial charge in [-0.3, -0.25) is 4.79 Å². The maximum atomic E-state index is 12.0. The van der Waals surface area contributed by atoms with Crippen LogP contribution in [0.25, 0.3) is 0 Å². The topological polar surface area (TPSA) is 55.8 Å². The van der Waals surface area contributed by atoms with Gasteiger partial charge >= 0.3 is 0 Å². The van der Waals surface area contributed by atoms with Crippen molar-refractivity contribution in [2.75, 3.05) is 36.9 Å². The molecule has 4 atom stereocenters. The number of ketones is 1. The SMILES string of the molecule is COCO[C@@H]1CCSC[C@@H]1[C@H](O)[C@@H]1CSCCC1=O. The van der Waals surface area contributed by atoms with Crippen molar-refractivity contribution in [2.45, 2.75) is 25.0 Å². The average Bonchev–Trinajstić information content (AvgIpc) is 2.45. The minimum Gasteiger partial charge on any atom is -0.392 e. The molecule has 0 unspecified atom stereocenters. The molecule has 2 fully saturated rings. The number of carbonyl (C=O) groups excluding carboxylic acids is 1. The van der Waals surface area contributed by atoms with E-state index in [1.165, 1.54) is 0 Å². The van der Waals surface area contributed by atoms with Crippen molar-refractivity contribution in [1.82, 2.24) is 0 Å². The number of Topliss-reactive ketones (excluding diaryl/α,β-unsaturated/α-hetero) is 1. The summed E-state index contributed by atoms with van der Waals surface area (Å²) in [5.74, 6) is 3.60. The van der Waals surface area contributed by atoms with Crippen LogP contribution in [0, 0.1) is 11.8 Å². The third-order valence-electron chi connectivity index (χ3n) is 3.79. The summed E-state index contributed by atoms with van der Waals surface area (Å²) in [6.45, 7) is 0.256. The molecule has 0 aromatic carbocycles. The lowest BCUT2D eigenvalue weighted by Crippen LogP contribution is -2.46. The van der Waals surface area contributed by atoms with Gasteiger partial charge in [0.1, 0.15) is 12.6 Å². The molecular weight excluding hydrogens is 284 g/mol. The average molecular weight is 306 g/mol. The van der Waals surface area contributed by atoms with Crippen LogP contribution in [0.2, 0.25) is 0 Å². The summed E-state index contributed by atoms with van der Waals surface area (Å²) in [7, 11) is 1.60. The Morgan fingerprint density at radius 2 is 2.16 bits per heavy atom. The van der Waals surface area contributed by atoms with Crippen LogP contribution in [-0.4, -0.2) is 60.0 Å². The molecule has 2 rings (SSSR count). The smallest absolute Gasteiger partial charge is 0.146 e. The first kappa shape index (κ1) is 15.6. The first-order valence-corrected chi connectivity index (χ1v) is 9.01. The minimum atomic E-state index is -0.574. The zero-order valence-electron chi connectivity index (χ0n) is 11.2. The Hall–Kier alpha value is 0.250. The minimum absolute atomic E-state index is 0.0101. The van der Waals surface area contributed by atoms with Gasteiger partial charge in [0.15, 0.2) is 0 Å². The van der Waals surface area contributed by atoms with Gasteiger partial charge in [-0.05, 0) is 12.2 Å². The molecule has 2 aliphatic heterocycles. The first-order chi connectivity index (χ1) is 9.24. The van der Waals surface area contributed by atoms with Crippen LogP contribution in [0.5, 0.6) is 0 Å². The van der Waals surface area contributed by atoms with Gasteiger partial charge in [0, 0.05) is 36.7 Å². The molecule has 0 radical (unpaired) electrons. The number of rotatable bonds is 5. The zero-order chi connectivity index (χ0) is 13.7. The number of aliphatic hydroxyl groups is 1. The van der Waals surface area contributed by atoms with Gasteiger partial charge in [0.05, 0.1) is 18.1 Å². The molecular formula is C13H22O4S2. The number of aliphatic hydroxyl groups excluding tert-OH is 1. The Labute approximate surface area is 123 Å². The molecule has 110 valence electrons. The van der Waals surface area contributed by atoms with Crippen molar-refractivity contribution in [3.05, 3.63) is 0 Å². The third kappa shape index (κ3) is 4.11. The van der Waals surface area contributed by atoms with Gasteiger partial charge in [-0.2, -0.15) is 23.5 Å². The van der Waals surface area contributed by atoms with Crippen LogP contribution in [0.1, 0.15) is 12.8 Å². The predicted octanol–water partition coefficient (Wildman–Crippen LogP) is 1.41. The van der Waals surface area contributed by atoms with E-state index in [-0.39, 0.29) is 30.5 Å². The van der Waals surface area contributed by atoms with Crippen LogP contribution in [0.4, 0.5) is 0 Å². The summed E-state index contributed by atoms with van der Waals surface area (Å²) in [6.07, 6.45) is 0.950. The van der Waals surface area contributed by atoms with Crippen molar-refractivity contribution >= 4 is 29.3 Å². The molecule has 6 heteroatoms. The highest BCUT2D eigenvalue weighted by atomic mass is 32.2. The van der Waals surface area contributed by atoms with Gasteiger partial charge in [0.25, 0.3) is 0 Å². The maximum absolute atomic E-state index is 12.0. The van der Waals surface area contributed by atoms with Crippen LogP contribution >= 0.6 is 23.5 Å². The predicted molar refractivity (Wildman–Crippen MR) is 78.6 cm³/mol. The Bertz CT molecular complexity index is 300. The van der Waals surface area contributed by atoms with Gasteiger partial charge in [-0.15, -0.1) is 0 Å². The summed E-state index contributed by atoms with van der Waals surface area (Å²) in [6, 6.07) is 0. The maximum Gasteiger partial charge on any atom is 0.146 e. The van der Waals surface area contributed by atoms with Crippen molar-refractivity contribution in [1.29, 1.82) is 0 Å². The van der Waals surface area contributed by atoms with Crippen molar-refractivity contribution in [3.8, 4) is 0 Å². The zero-order valence-corrected chi connectivity index (χ0v) is 12.9. The Morgan fingerprint density at radius 3 is 2.89 bits per heavy atom. The summed E-state index contributed by atoms with van der Waals surface area (Å²) >= 11 is 3.60. The van der Waals surface area contributed by atoms with Gasteiger partial charge in [-0.1, -0.05) is 0 Å². The lowest BCUT2D eigenvalue weighted by Gasteiger charge is -2.37. The van der Waals surface area contributed by atoms with E-state index in [2.05, 4.69) is 0 Å². The van der Waals surface area contributed by atoms with Gasteiger partial charge < -0.3 is 14.6 Å². The number of ether oxygens (including phenoxy) is 2. The molecule has 4 nitrogen and oxygen atoms in total. The molecule has 0 aromatic rings. The summed E-state index contributed by atoms with van der Waals surface area (Å²) < 4.78 is 10.6. The van der Waals surface area contributed by atoms with Crippen LogP contribution in [-0.2, 0) is 14.3 Å². The lowest BCUT2D eigenvalue weighted by molar-refractivity contribution is -0.133. The van der Waals surface area contributed by atoms with Crippen LogP contribution in [0.3, 0.4) is 0 Å². The number of hydrogen-bond donors (Lipinski definition) is 1.